The number of hydrogen-bond acceptors (Lipinski definition) is 4. The number of halogens is 1. The van der Waals surface area contributed by atoms with E-state index in [1.165, 1.54) is 30.6 Å². The van der Waals surface area contributed by atoms with E-state index in [-0.39, 0.29) is 11.8 Å². The van der Waals surface area contributed by atoms with Gasteiger partial charge in [0.25, 0.3) is 0 Å². The number of aryl methyl sites for hydroxylation is 1. The van der Waals surface area contributed by atoms with E-state index in [0.717, 1.165) is 38.5 Å². The number of rotatable bonds is 4. The highest BCUT2D eigenvalue weighted by Gasteiger charge is 2.17. The number of aromatic nitrogens is 1. The highest BCUT2D eigenvalue weighted by atomic mass is 32.1. The molecule has 5 heteroatoms. The number of nitrogens with zero attached hydrogens (tertiary/aromatic N) is 1. The van der Waals surface area contributed by atoms with Crippen molar-refractivity contribution in [1.29, 1.82) is 0 Å². The molecule has 0 aliphatic heterocycles. The van der Waals surface area contributed by atoms with Crippen molar-refractivity contribution in [1.82, 2.24) is 4.98 Å². The molecule has 3 aromatic carbocycles. The number of hydrogen-bond donors (Lipinski definition) is 0. The van der Waals surface area contributed by atoms with Gasteiger partial charge in [0.05, 0.1) is 18.4 Å². The second kappa shape index (κ2) is 7.97. The second-order valence-corrected chi connectivity index (χ2v) is 7.47. The molecule has 3 nitrogen and oxygen atoms in total. The van der Waals surface area contributed by atoms with Gasteiger partial charge in [-0.3, -0.25) is 0 Å². The average Bonchev–Trinajstić information content (AvgIpc) is 3.24. The minimum atomic E-state index is -0.389. The number of esters is 1. The van der Waals surface area contributed by atoms with Crippen LogP contribution in [-0.4, -0.2) is 18.1 Å². The maximum atomic E-state index is 13.2. The summed E-state index contributed by atoms with van der Waals surface area (Å²) in [7, 11) is 1.38. The first-order chi connectivity index (χ1) is 14.1. The smallest absolute Gasteiger partial charge is 0.338 e. The Bertz CT molecular complexity index is 1180. The van der Waals surface area contributed by atoms with Crippen LogP contribution in [0.2, 0.25) is 0 Å². The van der Waals surface area contributed by atoms with E-state index in [1.807, 2.05) is 54.8 Å². The summed E-state index contributed by atoms with van der Waals surface area (Å²) in [6, 6.07) is 19.9. The normalized spacial score (nSPS) is 10.7. The molecule has 0 atom stereocenters. The van der Waals surface area contributed by atoms with Crippen LogP contribution in [0.4, 0.5) is 4.39 Å². The van der Waals surface area contributed by atoms with Gasteiger partial charge >= 0.3 is 5.97 Å². The molecule has 4 rings (SSSR count). The number of carbonyl (C=O) groups is 1. The zero-order valence-corrected chi connectivity index (χ0v) is 16.8. The monoisotopic (exact) mass is 403 g/mol. The SMILES string of the molecule is COC(=O)c1cc(-c2nc(-c3ccc(F)cc3)cs2)ccc1-c1ccccc1C. The van der Waals surface area contributed by atoms with Gasteiger partial charge < -0.3 is 4.74 Å². The third-order valence-electron chi connectivity index (χ3n) is 4.75. The Morgan fingerprint density at radius 1 is 0.966 bits per heavy atom. The van der Waals surface area contributed by atoms with E-state index in [1.54, 1.807) is 12.1 Å². The highest BCUT2D eigenvalue weighted by molar-refractivity contribution is 7.13. The molecule has 0 spiro atoms. The molecule has 0 N–H and O–H groups in total. The van der Waals surface area contributed by atoms with Gasteiger partial charge in [0, 0.05) is 16.5 Å². The van der Waals surface area contributed by atoms with Crippen LogP contribution in [0.15, 0.2) is 72.1 Å². The summed E-state index contributed by atoms with van der Waals surface area (Å²) in [5.41, 5.74) is 5.85. The van der Waals surface area contributed by atoms with Crippen LogP contribution in [-0.2, 0) is 4.74 Å². The molecule has 0 unspecified atom stereocenters. The van der Waals surface area contributed by atoms with E-state index in [0.29, 0.717) is 5.56 Å². The molecular formula is C24H18FNO2S. The summed E-state index contributed by atoms with van der Waals surface area (Å²) >= 11 is 1.48. The third-order valence-corrected chi connectivity index (χ3v) is 5.64. The lowest BCUT2D eigenvalue weighted by Crippen LogP contribution is -2.04. The Labute approximate surface area is 172 Å². The third kappa shape index (κ3) is 3.82. The summed E-state index contributed by atoms with van der Waals surface area (Å²) in [6.45, 7) is 2.01. The fourth-order valence-corrected chi connectivity index (χ4v) is 4.05. The Morgan fingerprint density at radius 2 is 1.69 bits per heavy atom. The van der Waals surface area contributed by atoms with Gasteiger partial charge in [-0.05, 0) is 53.9 Å². The Kier molecular flexibility index (Phi) is 5.23. The van der Waals surface area contributed by atoms with E-state index in [2.05, 4.69) is 4.98 Å². The molecule has 29 heavy (non-hydrogen) atoms. The van der Waals surface area contributed by atoms with Crippen molar-refractivity contribution in [2.24, 2.45) is 0 Å². The lowest BCUT2D eigenvalue weighted by Gasteiger charge is -2.12. The van der Waals surface area contributed by atoms with E-state index >= 15 is 0 Å². The Morgan fingerprint density at radius 3 is 2.41 bits per heavy atom. The van der Waals surface area contributed by atoms with Gasteiger partial charge in [0.15, 0.2) is 0 Å². The van der Waals surface area contributed by atoms with Crippen molar-refractivity contribution in [3.63, 3.8) is 0 Å². The Balaban J connectivity index is 1.77. The van der Waals surface area contributed by atoms with Crippen molar-refractivity contribution < 1.29 is 13.9 Å². The minimum Gasteiger partial charge on any atom is -0.465 e. The molecule has 0 fully saturated rings. The van der Waals surface area contributed by atoms with Crippen molar-refractivity contribution in [3.8, 4) is 33.0 Å². The molecular weight excluding hydrogens is 385 g/mol. The van der Waals surface area contributed by atoms with Crippen LogP contribution in [0.25, 0.3) is 33.0 Å². The summed E-state index contributed by atoms with van der Waals surface area (Å²) in [5, 5.41) is 2.71. The lowest BCUT2D eigenvalue weighted by molar-refractivity contribution is 0.0601. The molecule has 1 aromatic heterocycles. The van der Waals surface area contributed by atoms with Crippen LogP contribution in [0, 0.1) is 12.7 Å². The van der Waals surface area contributed by atoms with Gasteiger partial charge in [-0.2, -0.15) is 0 Å². The van der Waals surface area contributed by atoms with Gasteiger partial charge in [-0.15, -0.1) is 11.3 Å². The lowest BCUT2D eigenvalue weighted by atomic mass is 9.94. The maximum absolute atomic E-state index is 13.2. The summed E-state index contributed by atoms with van der Waals surface area (Å²) < 4.78 is 18.2. The van der Waals surface area contributed by atoms with Crippen LogP contribution in [0.5, 0.6) is 0 Å². The van der Waals surface area contributed by atoms with Gasteiger partial charge in [-0.1, -0.05) is 36.4 Å². The molecule has 1 heterocycles. The zero-order chi connectivity index (χ0) is 20.4. The van der Waals surface area contributed by atoms with E-state index < -0.39 is 0 Å². The molecule has 0 bridgehead atoms. The van der Waals surface area contributed by atoms with Gasteiger partial charge in [0.2, 0.25) is 0 Å². The molecule has 0 radical (unpaired) electrons. The van der Waals surface area contributed by atoms with Crippen LogP contribution < -0.4 is 0 Å². The van der Waals surface area contributed by atoms with Crippen molar-refractivity contribution in [2.45, 2.75) is 6.92 Å². The fourth-order valence-electron chi connectivity index (χ4n) is 3.23. The number of carbonyl (C=O) groups excluding carboxylic acids is 1. The van der Waals surface area contributed by atoms with Crippen molar-refractivity contribution in [3.05, 3.63) is 89.1 Å². The van der Waals surface area contributed by atoms with E-state index in [4.69, 9.17) is 4.74 Å². The first-order valence-corrected chi connectivity index (χ1v) is 9.95. The van der Waals surface area contributed by atoms with E-state index in [9.17, 15) is 9.18 Å². The Hall–Kier alpha value is -3.31. The fraction of sp³-hybridized carbons (Fsp3) is 0.0833. The largest absolute Gasteiger partial charge is 0.465 e. The van der Waals surface area contributed by atoms with Crippen molar-refractivity contribution in [2.75, 3.05) is 7.11 Å². The summed E-state index contributed by atoms with van der Waals surface area (Å²) in [5.74, 6) is -0.667. The minimum absolute atomic E-state index is 0.279. The first-order valence-electron chi connectivity index (χ1n) is 9.07. The summed E-state index contributed by atoms with van der Waals surface area (Å²) in [4.78, 5) is 17.2. The molecule has 0 saturated carbocycles. The molecule has 0 amide bonds. The standard InChI is InChI=1S/C24H18FNO2S/c1-15-5-3-4-6-19(15)20-12-9-17(13-21(20)24(27)28-2)23-26-22(14-29-23)16-7-10-18(25)11-8-16/h3-14H,1-2H3. The second-order valence-electron chi connectivity index (χ2n) is 6.61. The van der Waals surface area contributed by atoms with Crippen LogP contribution >= 0.6 is 11.3 Å². The number of ether oxygens (including phenoxy) is 1. The highest BCUT2D eigenvalue weighted by Crippen LogP contribution is 2.34. The quantitative estimate of drug-likeness (QED) is 0.371. The number of thiazole rings is 1. The number of methoxy groups -OCH3 is 1. The molecule has 0 saturated heterocycles. The van der Waals surface area contributed by atoms with Crippen LogP contribution in [0.1, 0.15) is 15.9 Å². The molecule has 4 aromatic rings. The number of benzene rings is 3. The van der Waals surface area contributed by atoms with Crippen molar-refractivity contribution >= 4 is 17.3 Å². The van der Waals surface area contributed by atoms with Gasteiger partial charge in [0.1, 0.15) is 10.8 Å². The predicted octanol–water partition coefficient (Wildman–Crippen LogP) is 6.38. The molecule has 0 aliphatic carbocycles. The van der Waals surface area contributed by atoms with Gasteiger partial charge in [-0.25, -0.2) is 14.2 Å². The summed E-state index contributed by atoms with van der Waals surface area (Å²) in [6.07, 6.45) is 0. The molecule has 144 valence electrons. The zero-order valence-electron chi connectivity index (χ0n) is 16.0. The average molecular weight is 403 g/mol. The molecule has 0 aliphatic rings. The predicted molar refractivity (Wildman–Crippen MR) is 114 cm³/mol. The topological polar surface area (TPSA) is 39.2 Å². The maximum Gasteiger partial charge on any atom is 0.338 e. The first kappa shape index (κ1) is 19.0. The van der Waals surface area contributed by atoms with Crippen LogP contribution in [0.3, 0.4) is 0 Å².